The fourth-order valence-electron chi connectivity index (χ4n) is 3.05. The highest BCUT2D eigenvalue weighted by molar-refractivity contribution is 7.13. The third-order valence-corrected chi connectivity index (χ3v) is 5.44. The Morgan fingerprint density at radius 1 is 0.862 bits per heavy atom. The molecule has 1 amide bonds. The lowest BCUT2D eigenvalue weighted by Gasteiger charge is -2.18. The molecule has 4 aromatic rings. The summed E-state index contributed by atoms with van der Waals surface area (Å²) < 4.78 is 0. The topological polar surface area (TPSA) is 54.0 Å². The maximum absolute atomic E-state index is 13.0. The zero-order valence-electron chi connectivity index (χ0n) is 15.8. The highest BCUT2D eigenvalue weighted by atomic mass is 32.1. The van der Waals surface area contributed by atoms with Crippen molar-refractivity contribution in [2.45, 2.75) is 12.6 Å². The Bertz CT molecular complexity index is 1050. The number of thiazole rings is 1. The average molecular weight is 400 g/mol. The van der Waals surface area contributed by atoms with Crippen molar-refractivity contribution in [2.24, 2.45) is 0 Å². The van der Waals surface area contributed by atoms with Crippen LogP contribution in [-0.4, -0.2) is 10.9 Å². The van der Waals surface area contributed by atoms with Gasteiger partial charge in [-0.15, -0.1) is 11.3 Å². The van der Waals surface area contributed by atoms with Crippen molar-refractivity contribution in [2.75, 3.05) is 5.32 Å². The van der Waals surface area contributed by atoms with Gasteiger partial charge in [-0.25, -0.2) is 4.98 Å². The molecule has 0 aliphatic carbocycles. The number of para-hydroxylation sites is 1. The van der Waals surface area contributed by atoms with Crippen LogP contribution < -0.4 is 10.6 Å². The van der Waals surface area contributed by atoms with E-state index in [9.17, 15) is 4.79 Å². The molecular formula is C24H21N3OS. The van der Waals surface area contributed by atoms with Gasteiger partial charge < -0.3 is 5.32 Å². The van der Waals surface area contributed by atoms with Crippen LogP contribution in [0.15, 0.2) is 96.4 Å². The molecule has 2 N–H and O–H groups in total. The first kappa shape index (κ1) is 19.1. The number of aromatic nitrogens is 1. The third-order valence-electron chi connectivity index (χ3n) is 4.50. The molecule has 0 radical (unpaired) electrons. The van der Waals surface area contributed by atoms with Crippen LogP contribution in [0, 0.1) is 0 Å². The van der Waals surface area contributed by atoms with Gasteiger partial charge in [-0.3, -0.25) is 10.1 Å². The van der Waals surface area contributed by atoms with Crippen molar-refractivity contribution >= 4 is 22.9 Å². The van der Waals surface area contributed by atoms with E-state index in [1.165, 1.54) is 0 Å². The molecular weight excluding hydrogens is 378 g/mol. The number of carbonyl (C=O) groups is 1. The molecule has 0 aliphatic heterocycles. The molecule has 4 rings (SSSR count). The summed E-state index contributed by atoms with van der Waals surface area (Å²) in [7, 11) is 0. The van der Waals surface area contributed by atoms with Crippen LogP contribution in [0.1, 0.15) is 17.3 Å². The smallest absolute Gasteiger partial charge is 0.246 e. The maximum atomic E-state index is 13.0. The summed E-state index contributed by atoms with van der Waals surface area (Å²) in [5.41, 5.74) is 3.71. The zero-order chi connectivity index (χ0) is 19.9. The van der Waals surface area contributed by atoms with Crippen LogP contribution in [0.2, 0.25) is 0 Å². The number of nitrogens with zero attached hydrogens (tertiary/aromatic N) is 1. The lowest BCUT2D eigenvalue weighted by Crippen LogP contribution is -2.32. The van der Waals surface area contributed by atoms with Crippen LogP contribution >= 0.6 is 11.3 Å². The number of hydrogen-bond donors (Lipinski definition) is 2. The molecule has 0 aliphatic rings. The monoisotopic (exact) mass is 399 g/mol. The highest BCUT2D eigenvalue weighted by Crippen LogP contribution is 2.24. The van der Waals surface area contributed by atoms with Gasteiger partial charge in [0.25, 0.3) is 0 Å². The molecule has 3 aromatic carbocycles. The minimum absolute atomic E-state index is 0.0964. The number of hydrogen-bond acceptors (Lipinski definition) is 4. The summed E-state index contributed by atoms with van der Waals surface area (Å²) >= 11 is 1.61. The fourth-order valence-corrected chi connectivity index (χ4v) is 3.88. The van der Waals surface area contributed by atoms with Crippen molar-refractivity contribution in [3.63, 3.8) is 0 Å². The normalized spacial score (nSPS) is 11.7. The van der Waals surface area contributed by atoms with E-state index >= 15 is 0 Å². The Morgan fingerprint density at radius 2 is 1.48 bits per heavy atom. The second kappa shape index (κ2) is 9.28. The Hall–Kier alpha value is -3.28. The van der Waals surface area contributed by atoms with Gasteiger partial charge in [0.2, 0.25) is 5.91 Å². The summed E-state index contributed by atoms with van der Waals surface area (Å²) in [6.07, 6.45) is 0. The van der Waals surface area contributed by atoms with E-state index in [0.717, 1.165) is 27.5 Å². The summed E-state index contributed by atoms with van der Waals surface area (Å²) in [4.78, 5) is 17.7. The molecule has 0 saturated heterocycles. The molecule has 1 unspecified atom stereocenters. The highest BCUT2D eigenvalue weighted by Gasteiger charge is 2.20. The van der Waals surface area contributed by atoms with Gasteiger partial charge in [0.05, 0.1) is 5.69 Å². The fraction of sp³-hybridized carbons (Fsp3) is 0.0833. The van der Waals surface area contributed by atoms with Crippen LogP contribution in [0.5, 0.6) is 0 Å². The second-order valence-electron chi connectivity index (χ2n) is 6.59. The first-order chi connectivity index (χ1) is 14.3. The molecule has 0 saturated carbocycles. The molecule has 1 atom stereocenters. The summed E-state index contributed by atoms with van der Waals surface area (Å²) in [6.45, 7) is 0.505. The molecule has 144 valence electrons. The number of nitrogens with one attached hydrogen (secondary N) is 2. The average Bonchev–Trinajstić information content (AvgIpc) is 3.25. The van der Waals surface area contributed by atoms with Crippen molar-refractivity contribution in [3.8, 4) is 10.6 Å². The Labute approximate surface area is 174 Å². The van der Waals surface area contributed by atoms with Gasteiger partial charge in [0, 0.05) is 23.2 Å². The van der Waals surface area contributed by atoms with Gasteiger partial charge in [0.15, 0.2) is 0 Å². The van der Waals surface area contributed by atoms with Gasteiger partial charge in [-0.05, 0) is 17.7 Å². The lowest BCUT2D eigenvalue weighted by atomic mass is 10.1. The van der Waals surface area contributed by atoms with Crippen molar-refractivity contribution in [1.29, 1.82) is 0 Å². The van der Waals surface area contributed by atoms with Crippen LogP contribution in [0.4, 0.5) is 5.69 Å². The molecule has 4 nitrogen and oxygen atoms in total. The van der Waals surface area contributed by atoms with Crippen molar-refractivity contribution in [1.82, 2.24) is 10.3 Å². The summed E-state index contributed by atoms with van der Waals surface area (Å²) in [5.74, 6) is -0.0964. The summed E-state index contributed by atoms with van der Waals surface area (Å²) in [5, 5.41) is 9.37. The number of benzene rings is 3. The molecule has 0 bridgehead atoms. The number of carbonyl (C=O) groups excluding carboxylic acids is 1. The zero-order valence-corrected chi connectivity index (χ0v) is 16.6. The van der Waals surface area contributed by atoms with Gasteiger partial charge >= 0.3 is 0 Å². The first-order valence-electron chi connectivity index (χ1n) is 9.44. The minimum atomic E-state index is -0.474. The molecule has 0 fully saturated rings. The van der Waals surface area contributed by atoms with Gasteiger partial charge in [-0.1, -0.05) is 78.9 Å². The minimum Gasteiger partial charge on any atom is -0.324 e. The van der Waals surface area contributed by atoms with E-state index in [4.69, 9.17) is 4.98 Å². The number of anilines is 1. The number of rotatable bonds is 7. The van der Waals surface area contributed by atoms with E-state index in [2.05, 4.69) is 22.8 Å². The standard InChI is InChI=1S/C24H21N3OS/c28-23(26-20-14-8-3-9-15-20)22(18-10-4-1-5-11-18)25-16-21-17-29-24(27-21)19-12-6-2-7-13-19/h1-15,17,22,25H,16H2,(H,26,28). The van der Waals surface area contributed by atoms with Gasteiger partial charge in [0.1, 0.15) is 11.0 Å². The van der Waals surface area contributed by atoms with Crippen LogP contribution in [-0.2, 0) is 11.3 Å². The number of amides is 1. The van der Waals surface area contributed by atoms with Gasteiger partial charge in [-0.2, -0.15) is 0 Å². The molecule has 1 heterocycles. The van der Waals surface area contributed by atoms with E-state index in [0.29, 0.717) is 6.54 Å². The first-order valence-corrected chi connectivity index (χ1v) is 10.3. The largest absolute Gasteiger partial charge is 0.324 e. The maximum Gasteiger partial charge on any atom is 0.246 e. The molecule has 5 heteroatoms. The third kappa shape index (κ3) is 4.96. The Morgan fingerprint density at radius 3 is 2.17 bits per heavy atom. The second-order valence-corrected chi connectivity index (χ2v) is 7.45. The van der Waals surface area contributed by atoms with Crippen LogP contribution in [0.3, 0.4) is 0 Å². The predicted octanol–water partition coefficient (Wildman–Crippen LogP) is 5.28. The SMILES string of the molecule is O=C(Nc1ccccc1)C(NCc1csc(-c2ccccc2)n1)c1ccccc1. The molecule has 29 heavy (non-hydrogen) atoms. The Balaban J connectivity index is 1.49. The van der Waals surface area contributed by atoms with Crippen molar-refractivity contribution < 1.29 is 4.79 Å². The Kier molecular flexibility index (Phi) is 6.10. The summed E-state index contributed by atoms with van der Waals surface area (Å²) in [6, 6.07) is 28.9. The van der Waals surface area contributed by atoms with Crippen molar-refractivity contribution in [3.05, 3.63) is 108 Å². The van der Waals surface area contributed by atoms with Crippen LogP contribution in [0.25, 0.3) is 10.6 Å². The molecule has 0 spiro atoms. The van der Waals surface area contributed by atoms with E-state index < -0.39 is 6.04 Å². The van der Waals surface area contributed by atoms with E-state index in [1.807, 2.05) is 84.2 Å². The van der Waals surface area contributed by atoms with E-state index in [1.54, 1.807) is 11.3 Å². The lowest BCUT2D eigenvalue weighted by molar-refractivity contribution is -0.118. The quantitative estimate of drug-likeness (QED) is 0.445. The molecule has 1 aromatic heterocycles. The van der Waals surface area contributed by atoms with E-state index in [-0.39, 0.29) is 5.91 Å². The predicted molar refractivity (Wildman–Crippen MR) is 119 cm³/mol.